The maximum absolute atomic E-state index is 5.90. The Morgan fingerprint density at radius 3 is 2.42 bits per heavy atom. The van der Waals surface area contributed by atoms with Crippen molar-refractivity contribution in [1.82, 2.24) is 5.32 Å². The maximum Gasteiger partial charge on any atom is 0.0634 e. The summed E-state index contributed by atoms with van der Waals surface area (Å²) in [6, 6.07) is 9.82. The van der Waals surface area contributed by atoms with E-state index >= 15 is 0 Å². The minimum absolute atomic E-state index is 0. The molecule has 0 unspecified atom stereocenters. The summed E-state index contributed by atoms with van der Waals surface area (Å²) in [7, 11) is 1.82. The zero-order valence-corrected chi connectivity index (χ0v) is 8.32. The molecule has 0 heterocycles. The third kappa shape index (κ3) is 3.16. The number of hydrogen-bond acceptors (Lipinski definition) is 1. The van der Waals surface area contributed by atoms with Gasteiger partial charge in [-0.1, -0.05) is 41.9 Å². The van der Waals surface area contributed by atoms with Crippen LogP contribution in [0, 0.1) is 0 Å². The average Bonchev–Trinajstić information content (AvgIpc) is 2.07. The molecule has 1 rings (SSSR count). The van der Waals surface area contributed by atoms with Crippen LogP contribution in [0.2, 0.25) is 0 Å². The molecule has 0 aliphatic heterocycles. The molecular weight excluding hydrogens is 193 g/mol. The number of hydrogen-bond donors (Lipinski definition) is 1. The Bertz CT molecular complexity index is 244. The first-order valence-electron chi connectivity index (χ1n) is 3.43. The predicted octanol–water partition coefficient (Wildman–Crippen LogP) is 2.87. The van der Waals surface area contributed by atoms with E-state index in [1.54, 1.807) is 6.20 Å². The number of benzene rings is 1. The van der Waals surface area contributed by atoms with E-state index < -0.39 is 0 Å². The lowest BCUT2D eigenvalue weighted by Gasteiger charge is -1.97. The quantitative estimate of drug-likeness (QED) is 0.780. The third-order valence-electron chi connectivity index (χ3n) is 1.32. The molecule has 0 bridgehead atoms. The van der Waals surface area contributed by atoms with Crippen molar-refractivity contribution < 1.29 is 0 Å². The lowest BCUT2D eigenvalue weighted by Crippen LogP contribution is -1.92. The van der Waals surface area contributed by atoms with Gasteiger partial charge in [0.2, 0.25) is 0 Å². The molecule has 1 aromatic rings. The van der Waals surface area contributed by atoms with Crippen LogP contribution < -0.4 is 5.32 Å². The van der Waals surface area contributed by atoms with Crippen LogP contribution in [0.1, 0.15) is 5.56 Å². The van der Waals surface area contributed by atoms with Gasteiger partial charge in [-0.15, -0.1) is 12.4 Å². The van der Waals surface area contributed by atoms with E-state index in [0.717, 1.165) is 10.6 Å². The van der Waals surface area contributed by atoms with Crippen LogP contribution in [-0.2, 0) is 0 Å². The zero-order chi connectivity index (χ0) is 8.10. The Balaban J connectivity index is 0.00000121. The second-order valence-corrected chi connectivity index (χ2v) is 2.55. The summed E-state index contributed by atoms with van der Waals surface area (Å²) in [5, 5.41) is 3.60. The average molecular weight is 204 g/mol. The molecule has 66 valence electrons. The predicted molar refractivity (Wildman–Crippen MR) is 56.6 cm³/mol. The van der Waals surface area contributed by atoms with Gasteiger partial charge in [-0.25, -0.2) is 0 Å². The molecule has 0 saturated heterocycles. The van der Waals surface area contributed by atoms with E-state index in [0.29, 0.717) is 0 Å². The normalized spacial score (nSPS) is 10.3. The van der Waals surface area contributed by atoms with Gasteiger partial charge in [-0.3, -0.25) is 0 Å². The Labute approximate surface area is 83.8 Å². The van der Waals surface area contributed by atoms with Gasteiger partial charge in [-0.2, -0.15) is 0 Å². The highest BCUT2D eigenvalue weighted by Crippen LogP contribution is 2.16. The molecule has 0 aliphatic rings. The molecule has 0 atom stereocenters. The molecule has 0 aromatic heterocycles. The van der Waals surface area contributed by atoms with Gasteiger partial charge in [0.1, 0.15) is 0 Å². The molecule has 1 N–H and O–H groups in total. The minimum Gasteiger partial charge on any atom is -0.393 e. The maximum atomic E-state index is 5.90. The molecule has 0 aliphatic carbocycles. The molecule has 0 fully saturated rings. The monoisotopic (exact) mass is 203 g/mol. The van der Waals surface area contributed by atoms with Crippen LogP contribution in [0.4, 0.5) is 0 Å². The van der Waals surface area contributed by atoms with Crippen molar-refractivity contribution >= 4 is 29.0 Å². The van der Waals surface area contributed by atoms with Crippen molar-refractivity contribution in [2.75, 3.05) is 7.05 Å². The molecule has 12 heavy (non-hydrogen) atoms. The van der Waals surface area contributed by atoms with Gasteiger partial charge in [-0.05, 0) is 5.56 Å². The highest BCUT2D eigenvalue weighted by Gasteiger charge is 1.93. The van der Waals surface area contributed by atoms with E-state index in [9.17, 15) is 0 Å². The SMILES string of the molecule is CNC=C(Cl)c1ccccc1.Cl. The fourth-order valence-corrected chi connectivity index (χ4v) is 1.04. The first kappa shape index (κ1) is 11.3. The summed E-state index contributed by atoms with van der Waals surface area (Å²) in [6.07, 6.45) is 1.76. The van der Waals surface area contributed by atoms with Crippen LogP contribution in [0.3, 0.4) is 0 Å². The number of rotatable bonds is 2. The Morgan fingerprint density at radius 2 is 1.92 bits per heavy atom. The van der Waals surface area contributed by atoms with Crippen LogP contribution in [0.5, 0.6) is 0 Å². The summed E-state index contributed by atoms with van der Waals surface area (Å²) in [4.78, 5) is 0. The largest absolute Gasteiger partial charge is 0.393 e. The molecule has 1 nitrogen and oxygen atoms in total. The van der Waals surface area contributed by atoms with Crippen LogP contribution in [0.15, 0.2) is 36.5 Å². The van der Waals surface area contributed by atoms with E-state index in [2.05, 4.69) is 5.32 Å². The first-order chi connectivity index (χ1) is 5.34. The smallest absolute Gasteiger partial charge is 0.0634 e. The second-order valence-electron chi connectivity index (χ2n) is 2.15. The molecule has 0 saturated carbocycles. The highest BCUT2D eigenvalue weighted by molar-refractivity contribution is 6.48. The fourth-order valence-electron chi connectivity index (χ4n) is 0.807. The summed E-state index contributed by atoms with van der Waals surface area (Å²) in [5.74, 6) is 0. The standard InChI is InChI=1S/C9H10ClN.ClH/c1-11-7-9(10)8-5-3-2-4-6-8;/h2-7,11H,1H3;1H. The number of nitrogens with one attached hydrogen (secondary N) is 1. The van der Waals surface area contributed by atoms with E-state index in [-0.39, 0.29) is 12.4 Å². The van der Waals surface area contributed by atoms with Gasteiger partial charge in [0, 0.05) is 13.2 Å². The van der Waals surface area contributed by atoms with Gasteiger partial charge in [0.25, 0.3) is 0 Å². The summed E-state index contributed by atoms with van der Waals surface area (Å²) >= 11 is 5.90. The van der Waals surface area contributed by atoms with Crippen molar-refractivity contribution in [2.45, 2.75) is 0 Å². The van der Waals surface area contributed by atoms with E-state index in [1.807, 2.05) is 37.4 Å². The Morgan fingerprint density at radius 1 is 1.33 bits per heavy atom. The fraction of sp³-hybridized carbons (Fsp3) is 0.111. The van der Waals surface area contributed by atoms with Gasteiger partial charge in [0.15, 0.2) is 0 Å². The second kappa shape index (κ2) is 5.92. The van der Waals surface area contributed by atoms with Crippen molar-refractivity contribution in [3.8, 4) is 0 Å². The molecule has 1 aromatic carbocycles. The van der Waals surface area contributed by atoms with Crippen LogP contribution >= 0.6 is 24.0 Å². The van der Waals surface area contributed by atoms with Crippen molar-refractivity contribution in [1.29, 1.82) is 0 Å². The summed E-state index contributed by atoms with van der Waals surface area (Å²) in [6.45, 7) is 0. The van der Waals surface area contributed by atoms with Crippen molar-refractivity contribution in [3.63, 3.8) is 0 Å². The Kier molecular flexibility index (Phi) is 5.60. The molecule has 0 spiro atoms. The third-order valence-corrected chi connectivity index (χ3v) is 1.65. The molecule has 3 heteroatoms. The van der Waals surface area contributed by atoms with Gasteiger partial charge >= 0.3 is 0 Å². The summed E-state index contributed by atoms with van der Waals surface area (Å²) in [5.41, 5.74) is 1.03. The van der Waals surface area contributed by atoms with Gasteiger partial charge < -0.3 is 5.32 Å². The zero-order valence-electron chi connectivity index (χ0n) is 6.75. The van der Waals surface area contributed by atoms with Crippen LogP contribution in [0.25, 0.3) is 5.03 Å². The van der Waals surface area contributed by atoms with Crippen LogP contribution in [-0.4, -0.2) is 7.05 Å². The molecule has 0 amide bonds. The lowest BCUT2D eigenvalue weighted by molar-refractivity contribution is 1.11. The lowest BCUT2D eigenvalue weighted by atomic mass is 10.2. The Hall–Kier alpha value is -0.660. The van der Waals surface area contributed by atoms with Crippen molar-refractivity contribution in [3.05, 3.63) is 42.1 Å². The topological polar surface area (TPSA) is 12.0 Å². The first-order valence-corrected chi connectivity index (χ1v) is 3.80. The minimum atomic E-state index is 0. The summed E-state index contributed by atoms with van der Waals surface area (Å²) < 4.78 is 0. The highest BCUT2D eigenvalue weighted by atomic mass is 35.5. The van der Waals surface area contributed by atoms with Crippen molar-refractivity contribution in [2.24, 2.45) is 0 Å². The number of halogens is 2. The van der Waals surface area contributed by atoms with Gasteiger partial charge in [0.05, 0.1) is 5.03 Å². The van der Waals surface area contributed by atoms with E-state index in [4.69, 9.17) is 11.6 Å². The molecule has 0 radical (unpaired) electrons. The van der Waals surface area contributed by atoms with E-state index in [1.165, 1.54) is 0 Å². The molecular formula is C9H11Cl2N.